The molecule has 0 rings (SSSR count). The topological polar surface area (TPSA) is 75.3 Å². The van der Waals surface area contributed by atoms with E-state index in [0.29, 0.717) is 38.6 Å². The summed E-state index contributed by atoms with van der Waals surface area (Å²) < 4.78 is 35.6. The number of hydrogen-bond donors (Lipinski definition) is 2. The third-order valence-electron chi connectivity index (χ3n) is 2.94. The van der Waals surface area contributed by atoms with E-state index in [0.717, 1.165) is 25.5 Å². The number of amides is 2. The molecule has 0 aromatic rings. The summed E-state index contributed by atoms with van der Waals surface area (Å²) in [7, 11) is 0. The van der Waals surface area contributed by atoms with Crippen molar-refractivity contribution in [3.8, 4) is 0 Å². The van der Waals surface area contributed by atoms with Crippen molar-refractivity contribution in [2.45, 2.75) is 57.5 Å². The summed E-state index contributed by atoms with van der Waals surface area (Å²) in [6, 6.07) is 0. The first kappa shape index (κ1) is 20.4. The molecule has 0 radical (unpaired) electrons. The van der Waals surface area contributed by atoms with E-state index in [1.165, 1.54) is 0 Å². The minimum absolute atomic E-state index is 0.0449. The lowest BCUT2D eigenvalue weighted by molar-refractivity contribution is -0.173. The van der Waals surface area contributed by atoms with Gasteiger partial charge in [0.1, 0.15) is 6.29 Å². The van der Waals surface area contributed by atoms with Gasteiger partial charge in [0, 0.05) is 25.9 Å². The van der Waals surface area contributed by atoms with Gasteiger partial charge >= 0.3 is 12.1 Å². The van der Waals surface area contributed by atoms with Crippen molar-refractivity contribution >= 4 is 18.1 Å². The summed E-state index contributed by atoms with van der Waals surface area (Å²) in [4.78, 5) is 32.0. The van der Waals surface area contributed by atoms with Crippen LogP contribution in [0.25, 0.3) is 0 Å². The van der Waals surface area contributed by atoms with E-state index >= 15 is 0 Å². The van der Waals surface area contributed by atoms with Gasteiger partial charge in [0.2, 0.25) is 5.91 Å². The van der Waals surface area contributed by atoms with E-state index in [1.54, 1.807) is 5.32 Å². The fraction of sp³-hybridized carbons (Fsp3) is 0.786. The predicted octanol–water partition coefficient (Wildman–Crippen LogP) is 2.10. The predicted molar refractivity (Wildman–Crippen MR) is 75.1 cm³/mol. The molecular weight excluding hydrogens is 301 g/mol. The van der Waals surface area contributed by atoms with Crippen LogP contribution in [0.1, 0.15) is 51.4 Å². The van der Waals surface area contributed by atoms with E-state index in [1.807, 2.05) is 0 Å². The Balaban J connectivity index is 3.39. The number of carbonyl (C=O) groups excluding carboxylic acids is 3. The van der Waals surface area contributed by atoms with E-state index in [-0.39, 0.29) is 12.5 Å². The third-order valence-corrected chi connectivity index (χ3v) is 2.94. The lowest BCUT2D eigenvalue weighted by Crippen LogP contribution is -2.37. The average molecular weight is 324 g/mol. The Morgan fingerprint density at radius 1 is 0.864 bits per heavy atom. The first-order chi connectivity index (χ1) is 10.4. The molecule has 128 valence electrons. The number of rotatable bonds is 12. The van der Waals surface area contributed by atoms with Crippen molar-refractivity contribution < 1.29 is 27.6 Å². The zero-order valence-electron chi connectivity index (χ0n) is 12.5. The fourth-order valence-electron chi connectivity index (χ4n) is 1.74. The Morgan fingerprint density at radius 3 is 2.05 bits per heavy atom. The van der Waals surface area contributed by atoms with Crippen molar-refractivity contribution in [2.75, 3.05) is 13.1 Å². The number of hydrogen-bond acceptors (Lipinski definition) is 3. The molecule has 0 aliphatic rings. The molecule has 0 spiro atoms. The first-order valence-electron chi connectivity index (χ1n) is 7.43. The van der Waals surface area contributed by atoms with Crippen LogP contribution in [0.2, 0.25) is 0 Å². The summed E-state index contributed by atoms with van der Waals surface area (Å²) in [5, 5.41) is 4.52. The van der Waals surface area contributed by atoms with Crippen LogP contribution in [0.3, 0.4) is 0 Å². The molecule has 0 heterocycles. The van der Waals surface area contributed by atoms with Gasteiger partial charge in [-0.25, -0.2) is 0 Å². The Morgan fingerprint density at radius 2 is 1.45 bits per heavy atom. The van der Waals surface area contributed by atoms with E-state index in [9.17, 15) is 27.6 Å². The van der Waals surface area contributed by atoms with Gasteiger partial charge in [-0.3, -0.25) is 9.59 Å². The molecule has 0 saturated heterocycles. The van der Waals surface area contributed by atoms with Gasteiger partial charge in [0.15, 0.2) is 0 Å². The summed E-state index contributed by atoms with van der Waals surface area (Å²) in [6.45, 7) is 0.524. The van der Waals surface area contributed by atoms with E-state index in [2.05, 4.69) is 5.32 Å². The summed E-state index contributed by atoms with van der Waals surface area (Å²) >= 11 is 0. The van der Waals surface area contributed by atoms with Crippen LogP contribution >= 0.6 is 0 Å². The second kappa shape index (κ2) is 12.0. The number of unbranched alkanes of at least 4 members (excludes halogenated alkanes) is 5. The Hall–Kier alpha value is -1.60. The maximum absolute atomic E-state index is 11.9. The molecule has 0 aliphatic heterocycles. The van der Waals surface area contributed by atoms with Crippen molar-refractivity contribution in [2.24, 2.45) is 0 Å². The van der Waals surface area contributed by atoms with Gasteiger partial charge in [0.25, 0.3) is 0 Å². The van der Waals surface area contributed by atoms with Crippen LogP contribution in [0, 0.1) is 0 Å². The number of halogens is 3. The first-order valence-corrected chi connectivity index (χ1v) is 7.43. The van der Waals surface area contributed by atoms with Gasteiger partial charge in [-0.2, -0.15) is 13.2 Å². The highest BCUT2D eigenvalue weighted by molar-refractivity contribution is 5.81. The zero-order valence-corrected chi connectivity index (χ0v) is 12.5. The van der Waals surface area contributed by atoms with Crippen molar-refractivity contribution in [1.82, 2.24) is 10.6 Å². The van der Waals surface area contributed by atoms with Gasteiger partial charge in [0.05, 0.1) is 0 Å². The smallest absolute Gasteiger partial charge is 0.356 e. The van der Waals surface area contributed by atoms with Gasteiger partial charge < -0.3 is 15.4 Å². The minimum atomic E-state index is -4.84. The highest BCUT2D eigenvalue weighted by Crippen LogP contribution is 2.14. The molecule has 0 saturated carbocycles. The molecule has 22 heavy (non-hydrogen) atoms. The third kappa shape index (κ3) is 12.2. The van der Waals surface area contributed by atoms with Crippen LogP contribution in [-0.4, -0.2) is 37.4 Å². The van der Waals surface area contributed by atoms with Crippen LogP contribution in [0.15, 0.2) is 0 Å². The van der Waals surface area contributed by atoms with Crippen LogP contribution in [0.5, 0.6) is 0 Å². The van der Waals surface area contributed by atoms with Crippen LogP contribution in [0.4, 0.5) is 13.2 Å². The number of aldehydes is 1. The monoisotopic (exact) mass is 324 g/mol. The highest BCUT2D eigenvalue weighted by atomic mass is 19.4. The largest absolute Gasteiger partial charge is 0.471 e. The molecule has 2 amide bonds. The molecule has 8 heteroatoms. The molecule has 2 N–H and O–H groups in total. The normalized spacial score (nSPS) is 11.0. The number of carbonyl (C=O) groups is 3. The molecule has 0 bridgehead atoms. The van der Waals surface area contributed by atoms with E-state index in [4.69, 9.17) is 0 Å². The second-order valence-electron chi connectivity index (χ2n) is 4.93. The summed E-state index contributed by atoms with van der Waals surface area (Å²) in [6.07, 6.45) is 0.968. The van der Waals surface area contributed by atoms with Crippen molar-refractivity contribution in [3.63, 3.8) is 0 Å². The van der Waals surface area contributed by atoms with Gasteiger partial charge in [-0.05, 0) is 25.7 Å². The number of alkyl halides is 3. The maximum atomic E-state index is 11.9. The highest BCUT2D eigenvalue weighted by Gasteiger charge is 2.38. The minimum Gasteiger partial charge on any atom is -0.356 e. The fourth-order valence-corrected chi connectivity index (χ4v) is 1.74. The van der Waals surface area contributed by atoms with E-state index < -0.39 is 12.1 Å². The number of nitrogens with one attached hydrogen (secondary N) is 2. The standard InChI is InChI=1S/C14H23F3N2O3/c15-14(16,17)13(22)19-10-6-3-4-8-12(21)18-9-5-1-2-7-11-20/h11H,1-10H2,(H,18,21)(H,19,22). The molecule has 5 nitrogen and oxygen atoms in total. The lowest BCUT2D eigenvalue weighted by atomic mass is 10.1. The second-order valence-corrected chi connectivity index (χ2v) is 4.93. The summed E-state index contributed by atoms with van der Waals surface area (Å²) in [5.74, 6) is -2.02. The molecule has 0 fully saturated rings. The quantitative estimate of drug-likeness (QED) is 0.426. The van der Waals surface area contributed by atoms with Gasteiger partial charge in [-0.15, -0.1) is 0 Å². The Labute approximate surface area is 128 Å². The maximum Gasteiger partial charge on any atom is 0.471 e. The SMILES string of the molecule is O=CCCCCCNC(=O)CCCCCNC(=O)C(F)(F)F. The molecule has 0 unspecified atom stereocenters. The zero-order chi connectivity index (χ0) is 16.8. The lowest BCUT2D eigenvalue weighted by Gasteiger charge is -2.07. The Bertz CT molecular complexity index is 347. The molecule has 0 aromatic carbocycles. The Kier molecular flexibility index (Phi) is 11.1. The molecule has 0 aliphatic carbocycles. The average Bonchev–Trinajstić information content (AvgIpc) is 2.45. The van der Waals surface area contributed by atoms with Crippen molar-refractivity contribution in [1.29, 1.82) is 0 Å². The van der Waals surface area contributed by atoms with Crippen molar-refractivity contribution in [3.05, 3.63) is 0 Å². The van der Waals surface area contributed by atoms with Crippen LogP contribution in [-0.2, 0) is 14.4 Å². The van der Waals surface area contributed by atoms with Gasteiger partial charge in [-0.1, -0.05) is 12.8 Å². The molecule has 0 aromatic heterocycles. The molecular formula is C14H23F3N2O3. The summed E-state index contributed by atoms with van der Waals surface area (Å²) in [5.41, 5.74) is 0. The van der Waals surface area contributed by atoms with Crippen LogP contribution < -0.4 is 10.6 Å². The molecule has 0 atom stereocenters.